The number of likely N-dealkylation sites (N-methyl/N-ethyl adjacent to an activating group) is 1. The third-order valence-corrected chi connectivity index (χ3v) is 4.27. The highest BCUT2D eigenvalue weighted by Crippen LogP contribution is 2.24. The van der Waals surface area contributed by atoms with Crippen LogP contribution in [0.2, 0.25) is 5.02 Å². The predicted molar refractivity (Wildman–Crippen MR) is 85.3 cm³/mol. The second-order valence-corrected chi connectivity index (χ2v) is 6.53. The third kappa shape index (κ3) is 3.32. The summed E-state index contributed by atoms with van der Waals surface area (Å²) in [5, 5.41) is 0.172. The molecular weight excluding hydrogens is 303 g/mol. The molecule has 0 bridgehead atoms. The molecule has 1 unspecified atom stereocenters. The highest BCUT2D eigenvalue weighted by molar-refractivity contribution is 6.30. The van der Waals surface area contributed by atoms with Crippen LogP contribution in [-0.2, 0) is 13.1 Å². The molecule has 0 saturated carbocycles. The van der Waals surface area contributed by atoms with E-state index in [0.29, 0.717) is 12.6 Å². The van der Waals surface area contributed by atoms with Gasteiger partial charge in [0.15, 0.2) is 0 Å². The Balaban J connectivity index is 1.76. The topological polar surface area (TPSA) is 24.3 Å². The number of halogens is 2. The minimum Gasteiger partial charge on any atom is -0.328 e. The minimum absolute atomic E-state index is 0.172. The summed E-state index contributed by atoms with van der Waals surface area (Å²) in [6, 6.07) is 5.39. The van der Waals surface area contributed by atoms with Gasteiger partial charge in [-0.2, -0.15) is 0 Å². The van der Waals surface area contributed by atoms with E-state index in [1.807, 2.05) is 18.6 Å². The Bertz CT molecular complexity index is 655. The average molecular weight is 323 g/mol. The average Bonchev–Trinajstić information content (AvgIpc) is 2.91. The van der Waals surface area contributed by atoms with Gasteiger partial charge in [0.05, 0.1) is 23.1 Å². The van der Waals surface area contributed by atoms with Crippen LogP contribution in [0.5, 0.6) is 0 Å². The normalized spacial score (nSPS) is 18.7. The van der Waals surface area contributed by atoms with Gasteiger partial charge in [0.2, 0.25) is 0 Å². The highest BCUT2D eigenvalue weighted by atomic mass is 35.5. The van der Waals surface area contributed by atoms with E-state index in [0.717, 1.165) is 25.2 Å². The second-order valence-electron chi connectivity index (χ2n) is 6.13. The summed E-state index contributed by atoms with van der Waals surface area (Å²) in [6.45, 7) is 3.41. The van der Waals surface area contributed by atoms with Crippen LogP contribution in [0.1, 0.15) is 17.3 Å². The summed E-state index contributed by atoms with van der Waals surface area (Å²) in [4.78, 5) is 8.78. The lowest BCUT2D eigenvalue weighted by molar-refractivity contribution is 0.156. The SMILES string of the molecule is CN(C)CC1CN(Cc2ccc(Cl)c(F)c2)Cc2cncn21. The van der Waals surface area contributed by atoms with Crippen LogP contribution < -0.4 is 0 Å². The summed E-state index contributed by atoms with van der Waals surface area (Å²) in [6.07, 6.45) is 3.82. The van der Waals surface area contributed by atoms with Gasteiger partial charge in [-0.15, -0.1) is 0 Å². The van der Waals surface area contributed by atoms with E-state index in [4.69, 9.17) is 11.6 Å². The van der Waals surface area contributed by atoms with E-state index in [2.05, 4.69) is 33.4 Å². The zero-order valence-electron chi connectivity index (χ0n) is 12.8. The molecule has 2 aromatic rings. The number of imidazole rings is 1. The molecule has 118 valence electrons. The van der Waals surface area contributed by atoms with Crippen molar-refractivity contribution in [3.05, 3.63) is 52.8 Å². The number of fused-ring (bicyclic) bond motifs is 1. The lowest BCUT2D eigenvalue weighted by Crippen LogP contribution is -2.40. The Kier molecular flexibility index (Phi) is 4.47. The molecule has 0 N–H and O–H groups in total. The molecule has 0 spiro atoms. The second kappa shape index (κ2) is 6.36. The Morgan fingerprint density at radius 2 is 2.23 bits per heavy atom. The molecular formula is C16H20ClFN4. The summed E-state index contributed by atoms with van der Waals surface area (Å²) < 4.78 is 15.8. The maximum Gasteiger partial charge on any atom is 0.142 e. The number of hydrogen-bond acceptors (Lipinski definition) is 3. The van der Waals surface area contributed by atoms with E-state index < -0.39 is 0 Å². The fourth-order valence-electron chi connectivity index (χ4n) is 3.05. The van der Waals surface area contributed by atoms with Crippen LogP contribution in [0.25, 0.3) is 0 Å². The summed E-state index contributed by atoms with van der Waals surface area (Å²) in [7, 11) is 4.15. The Hall–Kier alpha value is -1.43. The van der Waals surface area contributed by atoms with Crippen LogP contribution in [0, 0.1) is 5.82 Å². The Labute approximate surface area is 135 Å². The number of aromatic nitrogens is 2. The molecule has 2 heterocycles. The summed E-state index contributed by atoms with van der Waals surface area (Å²) in [5.41, 5.74) is 2.14. The Morgan fingerprint density at radius 1 is 1.41 bits per heavy atom. The largest absolute Gasteiger partial charge is 0.328 e. The summed E-state index contributed by atoms with van der Waals surface area (Å²) >= 11 is 5.75. The Morgan fingerprint density at radius 3 is 2.95 bits per heavy atom. The van der Waals surface area contributed by atoms with E-state index in [1.165, 1.54) is 11.8 Å². The van der Waals surface area contributed by atoms with Crippen LogP contribution in [0.4, 0.5) is 4.39 Å². The van der Waals surface area contributed by atoms with Crippen molar-refractivity contribution < 1.29 is 4.39 Å². The van der Waals surface area contributed by atoms with Crippen LogP contribution in [0.15, 0.2) is 30.7 Å². The zero-order valence-corrected chi connectivity index (χ0v) is 13.6. The van der Waals surface area contributed by atoms with E-state index in [9.17, 15) is 4.39 Å². The molecule has 0 fully saturated rings. The van der Waals surface area contributed by atoms with Crippen molar-refractivity contribution in [2.45, 2.75) is 19.1 Å². The van der Waals surface area contributed by atoms with Crippen molar-refractivity contribution in [3.63, 3.8) is 0 Å². The van der Waals surface area contributed by atoms with Gasteiger partial charge in [-0.05, 0) is 31.8 Å². The quantitative estimate of drug-likeness (QED) is 0.865. The molecule has 1 atom stereocenters. The molecule has 3 rings (SSSR count). The van der Waals surface area contributed by atoms with Crippen molar-refractivity contribution >= 4 is 11.6 Å². The van der Waals surface area contributed by atoms with Crippen molar-refractivity contribution in [2.24, 2.45) is 0 Å². The van der Waals surface area contributed by atoms with Gasteiger partial charge >= 0.3 is 0 Å². The smallest absolute Gasteiger partial charge is 0.142 e. The van der Waals surface area contributed by atoms with E-state index >= 15 is 0 Å². The first-order chi connectivity index (χ1) is 10.5. The molecule has 4 nitrogen and oxygen atoms in total. The molecule has 6 heteroatoms. The first-order valence-corrected chi connectivity index (χ1v) is 7.72. The predicted octanol–water partition coefficient (Wildman–Crippen LogP) is 2.79. The van der Waals surface area contributed by atoms with Gasteiger partial charge in [0.25, 0.3) is 0 Å². The number of nitrogens with zero attached hydrogens (tertiary/aromatic N) is 4. The number of benzene rings is 1. The third-order valence-electron chi connectivity index (χ3n) is 3.96. The van der Waals surface area contributed by atoms with Crippen LogP contribution in [0.3, 0.4) is 0 Å². The number of hydrogen-bond donors (Lipinski definition) is 0. The summed E-state index contributed by atoms with van der Waals surface area (Å²) in [5.74, 6) is -0.356. The maximum atomic E-state index is 13.6. The van der Waals surface area contributed by atoms with E-state index in [-0.39, 0.29) is 10.8 Å². The zero-order chi connectivity index (χ0) is 15.7. The van der Waals surface area contributed by atoms with Crippen molar-refractivity contribution in [1.82, 2.24) is 19.4 Å². The van der Waals surface area contributed by atoms with Gasteiger partial charge in [-0.3, -0.25) is 4.90 Å². The van der Waals surface area contributed by atoms with Crippen LogP contribution in [-0.4, -0.2) is 46.5 Å². The fraction of sp³-hybridized carbons (Fsp3) is 0.438. The van der Waals surface area contributed by atoms with Crippen LogP contribution >= 0.6 is 11.6 Å². The first-order valence-electron chi connectivity index (χ1n) is 7.34. The molecule has 1 aliphatic heterocycles. The molecule has 1 aromatic heterocycles. The lowest BCUT2D eigenvalue weighted by Gasteiger charge is -2.35. The van der Waals surface area contributed by atoms with E-state index in [1.54, 1.807) is 6.07 Å². The molecule has 22 heavy (non-hydrogen) atoms. The number of rotatable bonds is 4. The molecule has 0 saturated heterocycles. The maximum absolute atomic E-state index is 13.6. The monoisotopic (exact) mass is 322 g/mol. The molecule has 1 aliphatic rings. The molecule has 1 aromatic carbocycles. The first kappa shape index (κ1) is 15.5. The molecule has 0 aliphatic carbocycles. The van der Waals surface area contributed by atoms with Crippen molar-refractivity contribution in [3.8, 4) is 0 Å². The van der Waals surface area contributed by atoms with Gasteiger partial charge in [-0.25, -0.2) is 9.37 Å². The fourth-order valence-corrected chi connectivity index (χ4v) is 3.16. The van der Waals surface area contributed by atoms with Crippen molar-refractivity contribution in [1.29, 1.82) is 0 Å². The molecule has 0 amide bonds. The lowest BCUT2D eigenvalue weighted by atomic mass is 10.1. The van der Waals surface area contributed by atoms with Gasteiger partial charge in [-0.1, -0.05) is 17.7 Å². The standard InChI is InChI=1S/C16H20ClFN4/c1-20(2)8-14-10-21(9-13-6-19-11-22(13)14)7-12-3-4-15(17)16(18)5-12/h3-6,11,14H,7-10H2,1-2H3. The van der Waals surface area contributed by atoms with Gasteiger partial charge < -0.3 is 9.47 Å². The van der Waals surface area contributed by atoms with Crippen molar-refractivity contribution in [2.75, 3.05) is 27.2 Å². The van der Waals surface area contributed by atoms with Gasteiger partial charge in [0.1, 0.15) is 5.82 Å². The van der Waals surface area contributed by atoms with Gasteiger partial charge in [0, 0.05) is 32.4 Å². The highest BCUT2D eigenvalue weighted by Gasteiger charge is 2.25. The molecule has 0 radical (unpaired) electrons. The minimum atomic E-state index is -0.356.